The van der Waals surface area contributed by atoms with E-state index in [1.807, 2.05) is 30.3 Å². The number of carbonyl (C=O) groups is 1. The number of rotatable bonds is 7. The minimum Gasteiger partial charge on any atom is -0.388 e. The summed E-state index contributed by atoms with van der Waals surface area (Å²) in [7, 11) is 0. The summed E-state index contributed by atoms with van der Waals surface area (Å²) in [5.41, 5.74) is 6.14. The number of unbranched alkanes of at least 4 members (excludes halogenated alkanes) is 2. The molecule has 0 heterocycles. The Hall–Kier alpha value is -1.84. The Morgan fingerprint density at radius 1 is 1.22 bits per heavy atom. The molecule has 1 rings (SSSR count). The van der Waals surface area contributed by atoms with Gasteiger partial charge >= 0.3 is 0 Å². The third kappa shape index (κ3) is 6.03. The highest BCUT2D eigenvalue weighted by Crippen LogP contribution is 1.99. The molecule has 3 N–H and O–H groups in total. The van der Waals surface area contributed by atoms with Gasteiger partial charge in [-0.05, 0) is 38.3 Å². The van der Waals surface area contributed by atoms with Crippen molar-refractivity contribution in [2.24, 2.45) is 10.7 Å². The molecule has 0 saturated heterocycles. The fourth-order valence-corrected chi connectivity index (χ4v) is 1.56. The first-order valence-corrected chi connectivity index (χ1v) is 6.30. The van der Waals surface area contributed by atoms with Gasteiger partial charge in [-0.1, -0.05) is 18.2 Å². The maximum atomic E-state index is 11.7. The van der Waals surface area contributed by atoms with Crippen molar-refractivity contribution in [2.75, 3.05) is 13.1 Å². The van der Waals surface area contributed by atoms with Crippen LogP contribution in [0.4, 0.5) is 0 Å². The summed E-state index contributed by atoms with van der Waals surface area (Å²) in [6.45, 7) is 3.27. The van der Waals surface area contributed by atoms with Gasteiger partial charge in [0.15, 0.2) is 0 Å². The second-order valence-electron chi connectivity index (χ2n) is 4.21. The molecule has 0 unspecified atom stereocenters. The quantitative estimate of drug-likeness (QED) is 0.439. The molecule has 0 spiro atoms. The van der Waals surface area contributed by atoms with Gasteiger partial charge in [0.05, 0.1) is 5.84 Å². The van der Waals surface area contributed by atoms with Crippen molar-refractivity contribution in [3.63, 3.8) is 0 Å². The number of hydrogen-bond donors (Lipinski definition) is 2. The van der Waals surface area contributed by atoms with Gasteiger partial charge in [-0.2, -0.15) is 0 Å². The summed E-state index contributed by atoms with van der Waals surface area (Å²) in [5, 5.41) is 2.90. The first-order valence-electron chi connectivity index (χ1n) is 6.30. The standard InChI is InChI=1S/C14H21N3O/c1-12(15)16-10-6-3-7-11-17-14(18)13-8-4-2-5-9-13/h2,4-5,8-9H,3,6-7,10-11H2,1H3,(H2,15,16)(H,17,18). The fraction of sp³-hybridized carbons (Fsp3) is 0.429. The van der Waals surface area contributed by atoms with Crippen LogP contribution in [0, 0.1) is 0 Å². The molecule has 0 bridgehead atoms. The van der Waals surface area contributed by atoms with Crippen molar-refractivity contribution in [2.45, 2.75) is 26.2 Å². The van der Waals surface area contributed by atoms with Gasteiger partial charge in [0.1, 0.15) is 0 Å². The van der Waals surface area contributed by atoms with Gasteiger partial charge in [-0.15, -0.1) is 0 Å². The van der Waals surface area contributed by atoms with Crippen LogP contribution in [-0.2, 0) is 0 Å². The van der Waals surface area contributed by atoms with Gasteiger partial charge < -0.3 is 11.1 Å². The zero-order valence-corrected chi connectivity index (χ0v) is 10.9. The molecule has 0 radical (unpaired) electrons. The van der Waals surface area contributed by atoms with E-state index in [9.17, 15) is 4.79 Å². The topological polar surface area (TPSA) is 67.5 Å². The predicted molar refractivity (Wildman–Crippen MR) is 74.8 cm³/mol. The Morgan fingerprint density at radius 2 is 1.94 bits per heavy atom. The highest BCUT2D eigenvalue weighted by atomic mass is 16.1. The van der Waals surface area contributed by atoms with Gasteiger partial charge in [0.25, 0.3) is 5.91 Å². The number of benzene rings is 1. The fourth-order valence-electron chi connectivity index (χ4n) is 1.56. The minimum atomic E-state index is -0.00794. The first-order chi connectivity index (χ1) is 8.70. The van der Waals surface area contributed by atoms with Crippen molar-refractivity contribution >= 4 is 11.7 Å². The molecule has 1 aromatic rings. The molecular formula is C14H21N3O. The van der Waals surface area contributed by atoms with Crippen molar-refractivity contribution in [1.29, 1.82) is 0 Å². The molecule has 18 heavy (non-hydrogen) atoms. The summed E-state index contributed by atoms with van der Waals surface area (Å²) >= 11 is 0. The largest absolute Gasteiger partial charge is 0.388 e. The van der Waals surface area contributed by atoms with Gasteiger partial charge in [0.2, 0.25) is 0 Å². The maximum absolute atomic E-state index is 11.7. The van der Waals surface area contributed by atoms with Crippen LogP contribution in [0.25, 0.3) is 0 Å². The van der Waals surface area contributed by atoms with Crippen molar-refractivity contribution in [3.05, 3.63) is 35.9 Å². The van der Waals surface area contributed by atoms with Crippen LogP contribution in [0.1, 0.15) is 36.5 Å². The Bertz CT molecular complexity index is 383. The molecule has 4 nitrogen and oxygen atoms in total. The van der Waals surface area contributed by atoms with E-state index in [1.54, 1.807) is 6.92 Å². The number of nitrogens with one attached hydrogen (secondary N) is 1. The summed E-state index contributed by atoms with van der Waals surface area (Å²) in [5.74, 6) is 0.624. The molecule has 1 aromatic carbocycles. The van der Waals surface area contributed by atoms with E-state index in [0.29, 0.717) is 17.9 Å². The van der Waals surface area contributed by atoms with Gasteiger partial charge in [-0.25, -0.2) is 0 Å². The van der Waals surface area contributed by atoms with Crippen LogP contribution in [-0.4, -0.2) is 24.8 Å². The van der Waals surface area contributed by atoms with Crippen LogP contribution in [0.2, 0.25) is 0 Å². The van der Waals surface area contributed by atoms with Gasteiger partial charge in [0, 0.05) is 18.7 Å². The highest BCUT2D eigenvalue weighted by molar-refractivity contribution is 5.94. The van der Waals surface area contributed by atoms with Gasteiger partial charge in [-0.3, -0.25) is 9.79 Å². The molecule has 4 heteroatoms. The average Bonchev–Trinajstić information content (AvgIpc) is 2.38. The minimum absolute atomic E-state index is 0.00794. The molecule has 0 saturated carbocycles. The Morgan fingerprint density at radius 3 is 2.61 bits per heavy atom. The molecule has 0 aliphatic heterocycles. The monoisotopic (exact) mass is 247 g/mol. The Balaban J connectivity index is 2.08. The first kappa shape index (κ1) is 14.2. The highest BCUT2D eigenvalue weighted by Gasteiger charge is 2.02. The van der Waals surface area contributed by atoms with Crippen LogP contribution in [0.5, 0.6) is 0 Å². The SMILES string of the molecule is CC(N)=NCCCCCNC(=O)c1ccccc1. The molecular weight excluding hydrogens is 226 g/mol. The molecule has 1 amide bonds. The number of nitrogens with two attached hydrogens (primary N) is 1. The maximum Gasteiger partial charge on any atom is 0.251 e. The Kier molecular flexibility index (Phi) is 6.54. The number of amides is 1. The molecule has 98 valence electrons. The van der Waals surface area contributed by atoms with Crippen molar-refractivity contribution in [3.8, 4) is 0 Å². The average molecular weight is 247 g/mol. The van der Waals surface area contributed by atoms with Crippen LogP contribution in [0.15, 0.2) is 35.3 Å². The summed E-state index contributed by atoms with van der Waals surface area (Å²) in [6.07, 6.45) is 3.03. The summed E-state index contributed by atoms with van der Waals surface area (Å²) in [4.78, 5) is 15.8. The van der Waals surface area contributed by atoms with E-state index < -0.39 is 0 Å². The van der Waals surface area contributed by atoms with E-state index in [-0.39, 0.29) is 5.91 Å². The third-order valence-electron chi connectivity index (χ3n) is 2.52. The third-order valence-corrected chi connectivity index (χ3v) is 2.52. The number of carbonyl (C=O) groups excluding carboxylic acids is 1. The van der Waals surface area contributed by atoms with E-state index in [0.717, 1.165) is 25.8 Å². The zero-order valence-electron chi connectivity index (χ0n) is 10.9. The number of hydrogen-bond acceptors (Lipinski definition) is 2. The van der Waals surface area contributed by atoms with Crippen LogP contribution < -0.4 is 11.1 Å². The molecule has 0 aliphatic carbocycles. The smallest absolute Gasteiger partial charge is 0.251 e. The zero-order chi connectivity index (χ0) is 13.2. The van der Waals surface area contributed by atoms with Crippen molar-refractivity contribution in [1.82, 2.24) is 5.32 Å². The summed E-state index contributed by atoms with van der Waals surface area (Å²) < 4.78 is 0. The lowest BCUT2D eigenvalue weighted by Gasteiger charge is -2.04. The lowest BCUT2D eigenvalue weighted by Crippen LogP contribution is -2.24. The van der Waals surface area contributed by atoms with E-state index in [2.05, 4.69) is 10.3 Å². The van der Waals surface area contributed by atoms with Crippen molar-refractivity contribution < 1.29 is 4.79 Å². The van der Waals surface area contributed by atoms with Crippen LogP contribution >= 0.6 is 0 Å². The summed E-state index contributed by atoms with van der Waals surface area (Å²) in [6, 6.07) is 9.25. The van der Waals surface area contributed by atoms with E-state index in [4.69, 9.17) is 5.73 Å². The number of aliphatic imine (C=N–C) groups is 1. The van der Waals surface area contributed by atoms with E-state index in [1.165, 1.54) is 0 Å². The van der Waals surface area contributed by atoms with Crippen LogP contribution in [0.3, 0.4) is 0 Å². The Labute approximate surface area is 108 Å². The normalized spacial score (nSPS) is 11.3. The molecule has 0 atom stereocenters. The number of amidine groups is 1. The lowest BCUT2D eigenvalue weighted by molar-refractivity contribution is 0.0953. The molecule has 0 aromatic heterocycles. The second kappa shape index (κ2) is 8.28. The molecule has 0 fully saturated rings. The predicted octanol–water partition coefficient (Wildman–Crippen LogP) is 1.96. The number of nitrogens with zero attached hydrogens (tertiary/aromatic N) is 1. The lowest BCUT2D eigenvalue weighted by atomic mass is 10.2. The van der Waals surface area contributed by atoms with E-state index >= 15 is 0 Å². The second-order valence-corrected chi connectivity index (χ2v) is 4.21. The molecule has 0 aliphatic rings.